The van der Waals surface area contributed by atoms with Crippen molar-refractivity contribution in [2.24, 2.45) is 5.73 Å². The molecule has 2 N–H and O–H groups in total. The monoisotopic (exact) mass is 200 g/mol. The van der Waals surface area contributed by atoms with Crippen LogP contribution in [0.15, 0.2) is 0 Å². The molecule has 14 heavy (non-hydrogen) atoms. The molecule has 86 valence electrons. The Hall–Kier alpha value is -0.0800. The highest BCUT2D eigenvalue weighted by atomic mass is 15.0. The maximum atomic E-state index is 5.94. The summed E-state index contributed by atoms with van der Waals surface area (Å²) < 4.78 is 0. The molecule has 0 saturated heterocycles. The van der Waals surface area contributed by atoms with E-state index in [-0.39, 0.29) is 0 Å². The molecule has 0 rings (SSSR count). The lowest BCUT2D eigenvalue weighted by molar-refractivity contribution is 0.388. The Labute approximate surface area is 89.9 Å². The molecule has 0 spiro atoms. The molecule has 0 amide bonds. The average Bonchev–Trinajstić information content (AvgIpc) is 2.11. The predicted octanol–water partition coefficient (Wildman–Crippen LogP) is 2.63. The Kier molecular flexibility index (Phi) is 9.42. The molecule has 0 bridgehead atoms. The Morgan fingerprint density at radius 3 is 2.21 bits per heavy atom. The molecule has 0 aliphatic carbocycles. The van der Waals surface area contributed by atoms with Gasteiger partial charge >= 0.3 is 0 Å². The van der Waals surface area contributed by atoms with Crippen molar-refractivity contribution in [3.05, 3.63) is 0 Å². The van der Waals surface area contributed by atoms with Gasteiger partial charge in [-0.2, -0.15) is 0 Å². The van der Waals surface area contributed by atoms with Crippen LogP contribution in [0.5, 0.6) is 0 Å². The molecule has 2 nitrogen and oxygen atoms in total. The summed E-state index contributed by atoms with van der Waals surface area (Å²) in [6.07, 6.45) is 8.99. The lowest BCUT2D eigenvalue weighted by Gasteiger charge is -2.11. The Bertz CT molecular complexity index is 113. The Morgan fingerprint density at radius 2 is 1.64 bits per heavy atom. The van der Waals surface area contributed by atoms with Gasteiger partial charge in [-0.3, -0.25) is 0 Å². The molecule has 2 heteroatoms. The fourth-order valence-corrected chi connectivity index (χ4v) is 1.70. The summed E-state index contributed by atoms with van der Waals surface area (Å²) in [6.45, 7) is 3.43. The van der Waals surface area contributed by atoms with Gasteiger partial charge in [0.05, 0.1) is 0 Å². The average molecular weight is 200 g/mol. The van der Waals surface area contributed by atoms with Gasteiger partial charge in [-0.25, -0.2) is 0 Å². The first kappa shape index (κ1) is 13.9. The van der Waals surface area contributed by atoms with Gasteiger partial charge in [-0.1, -0.05) is 32.6 Å². The van der Waals surface area contributed by atoms with E-state index in [9.17, 15) is 0 Å². The zero-order valence-corrected chi connectivity index (χ0v) is 10.3. The first-order valence-corrected chi connectivity index (χ1v) is 6.07. The van der Waals surface area contributed by atoms with E-state index in [1.165, 1.54) is 51.5 Å². The van der Waals surface area contributed by atoms with Crippen LogP contribution in [0.2, 0.25) is 0 Å². The van der Waals surface area contributed by atoms with Crippen LogP contribution >= 0.6 is 0 Å². The fraction of sp³-hybridized carbons (Fsp3) is 1.00. The van der Waals surface area contributed by atoms with E-state index in [0.717, 1.165) is 0 Å². The molecule has 0 aliphatic heterocycles. The second-order valence-electron chi connectivity index (χ2n) is 4.55. The minimum Gasteiger partial charge on any atom is -0.328 e. The summed E-state index contributed by atoms with van der Waals surface area (Å²) >= 11 is 0. The molecule has 0 aromatic heterocycles. The minimum absolute atomic E-state index is 0.453. The zero-order chi connectivity index (χ0) is 10.8. The number of unbranched alkanes of at least 4 members (excludes halogenated alkanes) is 3. The third-order valence-electron chi connectivity index (χ3n) is 2.59. The third-order valence-corrected chi connectivity index (χ3v) is 2.59. The van der Waals surface area contributed by atoms with E-state index in [4.69, 9.17) is 5.73 Å². The molecular weight excluding hydrogens is 172 g/mol. The van der Waals surface area contributed by atoms with Gasteiger partial charge in [0.2, 0.25) is 0 Å². The minimum atomic E-state index is 0.453. The summed E-state index contributed by atoms with van der Waals surface area (Å²) in [5, 5.41) is 0. The highest BCUT2D eigenvalue weighted by molar-refractivity contribution is 4.60. The van der Waals surface area contributed by atoms with E-state index in [1.54, 1.807) is 0 Å². The topological polar surface area (TPSA) is 29.3 Å². The van der Waals surface area contributed by atoms with Crippen molar-refractivity contribution in [2.45, 2.75) is 57.9 Å². The fourth-order valence-electron chi connectivity index (χ4n) is 1.70. The van der Waals surface area contributed by atoms with Crippen molar-refractivity contribution >= 4 is 0 Å². The highest BCUT2D eigenvalue weighted by Crippen LogP contribution is 2.07. The SMILES string of the molecule is CCCC(N)CCCCCCN(C)C. The molecular formula is C12H28N2. The number of hydrogen-bond donors (Lipinski definition) is 1. The first-order chi connectivity index (χ1) is 6.66. The molecule has 1 atom stereocenters. The van der Waals surface area contributed by atoms with Crippen LogP contribution in [0, 0.1) is 0 Å². The maximum absolute atomic E-state index is 5.94. The van der Waals surface area contributed by atoms with Crippen LogP contribution in [0.1, 0.15) is 51.9 Å². The smallest absolute Gasteiger partial charge is 0.00387 e. The van der Waals surface area contributed by atoms with Gasteiger partial charge in [0.1, 0.15) is 0 Å². The van der Waals surface area contributed by atoms with Crippen molar-refractivity contribution in [1.29, 1.82) is 0 Å². The number of rotatable bonds is 9. The van der Waals surface area contributed by atoms with Crippen LogP contribution in [0.4, 0.5) is 0 Å². The molecule has 0 heterocycles. The second-order valence-corrected chi connectivity index (χ2v) is 4.55. The second kappa shape index (κ2) is 9.47. The zero-order valence-electron chi connectivity index (χ0n) is 10.3. The van der Waals surface area contributed by atoms with Crippen LogP contribution in [0.3, 0.4) is 0 Å². The normalized spacial score (nSPS) is 13.5. The van der Waals surface area contributed by atoms with E-state index >= 15 is 0 Å². The summed E-state index contributed by atoms with van der Waals surface area (Å²) in [5.41, 5.74) is 5.94. The quantitative estimate of drug-likeness (QED) is 0.580. The van der Waals surface area contributed by atoms with Gasteiger partial charge in [0.15, 0.2) is 0 Å². The number of nitrogens with zero attached hydrogens (tertiary/aromatic N) is 1. The lowest BCUT2D eigenvalue weighted by atomic mass is 10.0. The molecule has 0 aromatic rings. The van der Waals surface area contributed by atoms with Crippen molar-refractivity contribution in [1.82, 2.24) is 4.90 Å². The van der Waals surface area contributed by atoms with Crippen LogP contribution in [-0.2, 0) is 0 Å². The summed E-state index contributed by atoms with van der Waals surface area (Å²) in [4.78, 5) is 2.25. The molecule has 1 unspecified atom stereocenters. The van der Waals surface area contributed by atoms with E-state index in [0.29, 0.717) is 6.04 Å². The summed E-state index contributed by atoms with van der Waals surface area (Å²) in [6, 6.07) is 0.453. The van der Waals surface area contributed by atoms with Gasteiger partial charge in [0, 0.05) is 6.04 Å². The lowest BCUT2D eigenvalue weighted by Crippen LogP contribution is -2.19. The maximum Gasteiger partial charge on any atom is 0.00387 e. The Morgan fingerprint density at radius 1 is 1.00 bits per heavy atom. The van der Waals surface area contributed by atoms with Gasteiger partial charge in [-0.05, 0) is 39.9 Å². The predicted molar refractivity (Wildman–Crippen MR) is 64.5 cm³/mol. The third kappa shape index (κ3) is 10.0. The largest absolute Gasteiger partial charge is 0.328 e. The number of nitrogens with two attached hydrogens (primary N) is 1. The molecule has 0 fully saturated rings. The van der Waals surface area contributed by atoms with E-state index < -0.39 is 0 Å². The number of hydrogen-bond acceptors (Lipinski definition) is 2. The van der Waals surface area contributed by atoms with E-state index in [2.05, 4.69) is 25.9 Å². The Balaban J connectivity index is 3.05. The van der Waals surface area contributed by atoms with Crippen LogP contribution in [0.25, 0.3) is 0 Å². The molecule has 0 saturated carbocycles. The summed E-state index contributed by atoms with van der Waals surface area (Å²) in [5.74, 6) is 0. The summed E-state index contributed by atoms with van der Waals surface area (Å²) in [7, 11) is 4.27. The molecule has 0 radical (unpaired) electrons. The standard InChI is InChI=1S/C12H28N2/c1-4-9-12(13)10-7-5-6-8-11-14(2)3/h12H,4-11,13H2,1-3H3. The van der Waals surface area contributed by atoms with E-state index in [1.807, 2.05) is 0 Å². The van der Waals surface area contributed by atoms with Gasteiger partial charge < -0.3 is 10.6 Å². The van der Waals surface area contributed by atoms with Crippen molar-refractivity contribution < 1.29 is 0 Å². The van der Waals surface area contributed by atoms with Crippen molar-refractivity contribution in [3.63, 3.8) is 0 Å². The van der Waals surface area contributed by atoms with Gasteiger partial charge in [-0.15, -0.1) is 0 Å². The van der Waals surface area contributed by atoms with Crippen LogP contribution < -0.4 is 5.73 Å². The van der Waals surface area contributed by atoms with Crippen molar-refractivity contribution in [3.8, 4) is 0 Å². The molecule has 0 aliphatic rings. The van der Waals surface area contributed by atoms with Crippen molar-refractivity contribution in [2.75, 3.05) is 20.6 Å². The van der Waals surface area contributed by atoms with Gasteiger partial charge in [0.25, 0.3) is 0 Å². The first-order valence-electron chi connectivity index (χ1n) is 6.07. The molecule has 0 aromatic carbocycles. The highest BCUT2D eigenvalue weighted by Gasteiger charge is 2.00. The van der Waals surface area contributed by atoms with Crippen LogP contribution in [-0.4, -0.2) is 31.6 Å².